The molecule has 0 saturated heterocycles. The standard InChI is InChI=1S/C14H13ClFNO3/c1-7-13(14(19)20-2)10(6-12(18)17-7)9-4-3-8(15)5-11(9)16/h3-5,10H,6H2,1-2H3,(H,17,18). The minimum absolute atomic E-state index is 0.0136. The van der Waals surface area contributed by atoms with Crippen LogP contribution in [0.4, 0.5) is 4.39 Å². The summed E-state index contributed by atoms with van der Waals surface area (Å²) in [7, 11) is 1.24. The number of carbonyl (C=O) groups excluding carboxylic acids is 2. The predicted octanol–water partition coefficient (Wildman–Crippen LogP) is 2.53. The van der Waals surface area contributed by atoms with Crippen molar-refractivity contribution in [3.63, 3.8) is 0 Å². The van der Waals surface area contributed by atoms with Gasteiger partial charge in [-0.25, -0.2) is 9.18 Å². The fourth-order valence-corrected chi connectivity index (χ4v) is 2.49. The number of halogens is 2. The zero-order chi connectivity index (χ0) is 14.9. The summed E-state index contributed by atoms with van der Waals surface area (Å²) in [6.45, 7) is 1.59. The molecule has 0 spiro atoms. The Balaban J connectivity index is 2.54. The SMILES string of the molecule is COC(=O)C1=C(C)NC(=O)CC1c1ccc(Cl)cc1F. The van der Waals surface area contributed by atoms with Crippen molar-refractivity contribution in [2.45, 2.75) is 19.3 Å². The van der Waals surface area contributed by atoms with Crippen LogP contribution < -0.4 is 5.32 Å². The maximum Gasteiger partial charge on any atom is 0.336 e. The molecule has 1 aromatic carbocycles. The second-order valence-corrected chi connectivity index (χ2v) is 4.94. The number of allylic oxidation sites excluding steroid dienone is 1. The number of rotatable bonds is 2. The Bertz CT molecular complexity index is 612. The van der Waals surface area contributed by atoms with E-state index in [-0.39, 0.29) is 28.5 Å². The van der Waals surface area contributed by atoms with Crippen LogP contribution in [0.15, 0.2) is 29.5 Å². The molecule has 0 aliphatic carbocycles. The number of hydrogen-bond acceptors (Lipinski definition) is 3. The Morgan fingerprint density at radius 2 is 2.20 bits per heavy atom. The van der Waals surface area contributed by atoms with Gasteiger partial charge in [-0.15, -0.1) is 0 Å². The average molecular weight is 298 g/mol. The maximum absolute atomic E-state index is 14.0. The van der Waals surface area contributed by atoms with Gasteiger partial charge in [0.1, 0.15) is 5.82 Å². The van der Waals surface area contributed by atoms with Gasteiger partial charge in [-0.3, -0.25) is 4.79 Å². The second-order valence-electron chi connectivity index (χ2n) is 4.50. The molecule has 1 atom stereocenters. The molecule has 0 saturated carbocycles. The number of nitrogens with one attached hydrogen (secondary N) is 1. The Morgan fingerprint density at radius 3 is 2.80 bits per heavy atom. The summed E-state index contributed by atoms with van der Waals surface area (Å²) in [6, 6.07) is 4.17. The Morgan fingerprint density at radius 1 is 1.50 bits per heavy atom. The van der Waals surface area contributed by atoms with Crippen LogP contribution in [0, 0.1) is 5.82 Å². The van der Waals surface area contributed by atoms with Crippen molar-refractivity contribution in [1.82, 2.24) is 5.32 Å². The maximum atomic E-state index is 14.0. The fourth-order valence-electron chi connectivity index (χ4n) is 2.33. The van der Waals surface area contributed by atoms with E-state index in [0.717, 1.165) is 6.07 Å². The molecule has 0 aromatic heterocycles. The van der Waals surface area contributed by atoms with Gasteiger partial charge in [0.05, 0.1) is 12.7 Å². The molecule has 1 unspecified atom stereocenters. The van der Waals surface area contributed by atoms with Gasteiger partial charge >= 0.3 is 5.97 Å². The molecule has 1 aliphatic rings. The highest BCUT2D eigenvalue weighted by Gasteiger charge is 2.33. The van der Waals surface area contributed by atoms with Crippen LogP contribution in [-0.4, -0.2) is 19.0 Å². The van der Waals surface area contributed by atoms with Crippen LogP contribution in [0.1, 0.15) is 24.8 Å². The van der Waals surface area contributed by atoms with E-state index in [1.165, 1.54) is 19.2 Å². The van der Waals surface area contributed by atoms with Gasteiger partial charge < -0.3 is 10.1 Å². The molecule has 0 fully saturated rings. The number of ether oxygens (including phenoxy) is 1. The third-order valence-electron chi connectivity index (χ3n) is 3.21. The summed E-state index contributed by atoms with van der Waals surface area (Å²) in [4.78, 5) is 23.5. The number of hydrogen-bond donors (Lipinski definition) is 1. The average Bonchev–Trinajstić information content (AvgIpc) is 2.37. The van der Waals surface area contributed by atoms with Crippen molar-refractivity contribution in [2.24, 2.45) is 0 Å². The zero-order valence-electron chi connectivity index (χ0n) is 11.0. The van der Waals surface area contributed by atoms with E-state index in [9.17, 15) is 14.0 Å². The van der Waals surface area contributed by atoms with E-state index in [2.05, 4.69) is 5.32 Å². The van der Waals surface area contributed by atoms with Crippen LogP contribution in [0.2, 0.25) is 5.02 Å². The lowest BCUT2D eigenvalue weighted by molar-refractivity contribution is -0.136. The van der Waals surface area contributed by atoms with E-state index in [1.54, 1.807) is 6.92 Å². The summed E-state index contributed by atoms with van der Waals surface area (Å²) in [5.41, 5.74) is 0.893. The highest BCUT2D eigenvalue weighted by atomic mass is 35.5. The van der Waals surface area contributed by atoms with Crippen LogP contribution in [0.5, 0.6) is 0 Å². The first-order valence-electron chi connectivity index (χ1n) is 5.98. The van der Waals surface area contributed by atoms with Crippen molar-refractivity contribution in [3.8, 4) is 0 Å². The van der Waals surface area contributed by atoms with E-state index in [4.69, 9.17) is 16.3 Å². The van der Waals surface area contributed by atoms with E-state index in [1.807, 2.05) is 0 Å². The van der Waals surface area contributed by atoms with Crippen LogP contribution in [0.3, 0.4) is 0 Å². The second kappa shape index (κ2) is 5.63. The minimum Gasteiger partial charge on any atom is -0.466 e. The summed E-state index contributed by atoms with van der Waals surface area (Å²) >= 11 is 5.72. The molecule has 6 heteroatoms. The smallest absolute Gasteiger partial charge is 0.336 e. The lowest BCUT2D eigenvalue weighted by atomic mass is 9.84. The van der Waals surface area contributed by atoms with Crippen LogP contribution >= 0.6 is 11.6 Å². The Hall–Kier alpha value is -1.88. The first-order chi connectivity index (χ1) is 9.43. The number of amides is 1. The van der Waals surface area contributed by atoms with Crippen LogP contribution in [-0.2, 0) is 14.3 Å². The summed E-state index contributed by atoms with van der Waals surface area (Å²) < 4.78 is 18.8. The normalized spacial score (nSPS) is 18.8. The zero-order valence-corrected chi connectivity index (χ0v) is 11.8. The van der Waals surface area contributed by atoms with E-state index >= 15 is 0 Å². The molecular formula is C14H13ClFNO3. The third kappa shape index (κ3) is 2.67. The molecule has 4 nitrogen and oxygen atoms in total. The molecular weight excluding hydrogens is 285 g/mol. The number of benzene rings is 1. The number of esters is 1. The molecule has 1 amide bonds. The van der Waals surface area contributed by atoms with Gasteiger partial charge in [-0.2, -0.15) is 0 Å². The summed E-state index contributed by atoms with van der Waals surface area (Å²) in [5.74, 6) is -2.07. The molecule has 20 heavy (non-hydrogen) atoms. The number of carbonyl (C=O) groups is 2. The van der Waals surface area contributed by atoms with Crippen molar-refractivity contribution < 1.29 is 18.7 Å². The fraction of sp³-hybridized carbons (Fsp3) is 0.286. The molecule has 0 bridgehead atoms. The van der Waals surface area contributed by atoms with Gasteiger partial charge in [0.2, 0.25) is 5.91 Å². The Labute approximate surface area is 120 Å². The molecule has 2 rings (SSSR count). The topological polar surface area (TPSA) is 55.4 Å². The van der Waals surface area contributed by atoms with Gasteiger partial charge in [0.15, 0.2) is 0 Å². The molecule has 1 aromatic rings. The van der Waals surface area contributed by atoms with Crippen LogP contribution in [0.25, 0.3) is 0 Å². The Kier molecular flexibility index (Phi) is 4.09. The van der Waals surface area contributed by atoms with Gasteiger partial charge in [0.25, 0.3) is 0 Å². The first-order valence-corrected chi connectivity index (χ1v) is 6.35. The first kappa shape index (κ1) is 14.5. The molecule has 1 aliphatic heterocycles. The lowest BCUT2D eigenvalue weighted by Gasteiger charge is -2.26. The van der Waals surface area contributed by atoms with Gasteiger partial charge in [0, 0.05) is 23.1 Å². The summed E-state index contributed by atoms with van der Waals surface area (Å²) in [6.07, 6.45) is -0.0136. The van der Waals surface area contributed by atoms with Crippen molar-refractivity contribution >= 4 is 23.5 Å². The lowest BCUT2D eigenvalue weighted by Crippen LogP contribution is -2.34. The molecule has 106 valence electrons. The number of methoxy groups -OCH3 is 1. The quantitative estimate of drug-likeness (QED) is 0.854. The van der Waals surface area contributed by atoms with Crippen molar-refractivity contribution in [3.05, 3.63) is 45.9 Å². The minimum atomic E-state index is -0.673. The third-order valence-corrected chi connectivity index (χ3v) is 3.45. The molecule has 1 heterocycles. The van der Waals surface area contributed by atoms with Gasteiger partial charge in [-0.1, -0.05) is 17.7 Å². The molecule has 0 radical (unpaired) electrons. The monoisotopic (exact) mass is 297 g/mol. The van der Waals surface area contributed by atoms with E-state index in [0.29, 0.717) is 5.70 Å². The molecule has 1 N–H and O–H groups in total. The summed E-state index contributed by atoms with van der Waals surface area (Å²) in [5, 5.41) is 2.82. The largest absolute Gasteiger partial charge is 0.466 e. The van der Waals surface area contributed by atoms with E-state index < -0.39 is 17.7 Å². The van der Waals surface area contributed by atoms with Crippen molar-refractivity contribution in [1.29, 1.82) is 0 Å². The van der Waals surface area contributed by atoms with Gasteiger partial charge in [-0.05, 0) is 24.6 Å². The highest BCUT2D eigenvalue weighted by molar-refractivity contribution is 6.30. The van der Waals surface area contributed by atoms with Crippen molar-refractivity contribution in [2.75, 3.05) is 7.11 Å². The highest BCUT2D eigenvalue weighted by Crippen LogP contribution is 2.35. The predicted molar refractivity (Wildman–Crippen MR) is 71.6 cm³/mol.